The molecule has 0 bridgehead atoms. The van der Waals surface area contributed by atoms with Crippen molar-refractivity contribution < 1.29 is 8.42 Å². The summed E-state index contributed by atoms with van der Waals surface area (Å²) in [5, 5.41) is 11.9. The summed E-state index contributed by atoms with van der Waals surface area (Å²) in [6, 6.07) is 5.99. The number of hydrogen-bond acceptors (Lipinski definition) is 3. The quantitative estimate of drug-likeness (QED) is 0.404. The van der Waals surface area contributed by atoms with Gasteiger partial charge in [0.15, 0.2) is 0 Å². The van der Waals surface area contributed by atoms with E-state index in [0.29, 0.717) is 11.3 Å². The summed E-state index contributed by atoms with van der Waals surface area (Å²) in [6.45, 7) is 0. The van der Waals surface area contributed by atoms with Crippen LogP contribution in [0.4, 0.5) is 5.69 Å². The van der Waals surface area contributed by atoms with Gasteiger partial charge in [-0.2, -0.15) is 8.42 Å². The number of hydrogen-bond donors (Lipinski definition) is 4. The van der Waals surface area contributed by atoms with Gasteiger partial charge in [-0.3, -0.25) is 10.1 Å². The second kappa shape index (κ2) is 3.64. The normalized spacial score (nSPS) is 10.9. The third-order valence-corrected chi connectivity index (χ3v) is 1.98. The Morgan fingerprint density at radius 3 is 2.14 bits per heavy atom. The van der Waals surface area contributed by atoms with Crippen LogP contribution in [0, 0.1) is 5.41 Å². The van der Waals surface area contributed by atoms with Crippen LogP contribution in [0.1, 0.15) is 5.56 Å². The van der Waals surface area contributed by atoms with Crippen molar-refractivity contribution in [3.63, 3.8) is 0 Å². The van der Waals surface area contributed by atoms with Crippen LogP contribution in [0.25, 0.3) is 0 Å². The first kappa shape index (κ1) is 10.5. The maximum absolute atomic E-state index is 10.6. The Morgan fingerprint density at radius 1 is 1.29 bits per heavy atom. The van der Waals surface area contributed by atoms with E-state index in [1.807, 2.05) is 0 Å². The van der Waals surface area contributed by atoms with Crippen LogP contribution in [0.15, 0.2) is 24.3 Å². The summed E-state index contributed by atoms with van der Waals surface area (Å²) in [6.07, 6.45) is 0. The average molecular weight is 214 g/mol. The van der Waals surface area contributed by atoms with Gasteiger partial charge in [0, 0.05) is 11.3 Å². The van der Waals surface area contributed by atoms with Gasteiger partial charge in [0.25, 0.3) is 10.2 Å². The summed E-state index contributed by atoms with van der Waals surface area (Å²) < 4.78 is 23.3. The molecule has 0 aliphatic rings. The van der Waals surface area contributed by atoms with Crippen LogP contribution in [0.2, 0.25) is 0 Å². The zero-order chi connectivity index (χ0) is 10.8. The average Bonchev–Trinajstić information content (AvgIpc) is 2.02. The van der Waals surface area contributed by atoms with Crippen LogP contribution < -0.4 is 15.6 Å². The SMILES string of the molecule is N=C(N)c1ccc(NS(N)(=O)=O)cc1. The lowest BCUT2D eigenvalue weighted by Crippen LogP contribution is -2.21. The molecule has 6 nitrogen and oxygen atoms in total. The van der Waals surface area contributed by atoms with E-state index in [0.717, 1.165) is 0 Å². The van der Waals surface area contributed by atoms with Crippen LogP contribution in [0.3, 0.4) is 0 Å². The van der Waals surface area contributed by atoms with Crippen molar-refractivity contribution in [2.24, 2.45) is 10.9 Å². The van der Waals surface area contributed by atoms with E-state index in [2.05, 4.69) is 4.72 Å². The minimum Gasteiger partial charge on any atom is -0.384 e. The number of benzene rings is 1. The molecule has 14 heavy (non-hydrogen) atoms. The second-order valence-corrected chi connectivity index (χ2v) is 3.93. The zero-order valence-electron chi connectivity index (χ0n) is 7.19. The molecule has 0 atom stereocenters. The maximum Gasteiger partial charge on any atom is 0.296 e. The van der Waals surface area contributed by atoms with Crippen molar-refractivity contribution in [2.75, 3.05) is 4.72 Å². The van der Waals surface area contributed by atoms with Gasteiger partial charge in [0.1, 0.15) is 5.84 Å². The molecule has 1 aromatic carbocycles. The van der Waals surface area contributed by atoms with E-state index in [4.69, 9.17) is 16.3 Å². The van der Waals surface area contributed by atoms with Crippen LogP contribution in [-0.4, -0.2) is 14.3 Å². The third kappa shape index (κ3) is 3.04. The molecular weight excluding hydrogens is 204 g/mol. The van der Waals surface area contributed by atoms with Gasteiger partial charge in [-0.1, -0.05) is 0 Å². The van der Waals surface area contributed by atoms with Crippen LogP contribution in [0.5, 0.6) is 0 Å². The van der Waals surface area contributed by atoms with Gasteiger partial charge in [0.05, 0.1) is 0 Å². The van der Waals surface area contributed by atoms with E-state index in [1.54, 1.807) is 0 Å². The number of rotatable bonds is 3. The fourth-order valence-electron chi connectivity index (χ4n) is 0.882. The highest BCUT2D eigenvalue weighted by Crippen LogP contribution is 2.09. The largest absolute Gasteiger partial charge is 0.384 e. The lowest BCUT2D eigenvalue weighted by Gasteiger charge is -2.03. The van der Waals surface area contributed by atoms with Crippen LogP contribution in [-0.2, 0) is 10.2 Å². The molecule has 0 aliphatic heterocycles. The monoisotopic (exact) mass is 214 g/mol. The van der Waals surface area contributed by atoms with Gasteiger partial charge in [-0.05, 0) is 24.3 Å². The summed E-state index contributed by atoms with van der Waals surface area (Å²) in [4.78, 5) is 0. The molecule has 0 amide bonds. The first-order valence-corrected chi connectivity index (χ1v) is 5.18. The highest BCUT2D eigenvalue weighted by molar-refractivity contribution is 7.90. The first-order valence-electron chi connectivity index (χ1n) is 3.63. The fourth-order valence-corrected chi connectivity index (χ4v) is 1.35. The van der Waals surface area contributed by atoms with Gasteiger partial charge in [-0.15, -0.1) is 0 Å². The predicted octanol–water partition coefficient (Wildman–Crippen LogP) is -0.414. The molecule has 7 heteroatoms. The predicted molar refractivity (Wildman–Crippen MR) is 54.2 cm³/mol. The molecule has 6 N–H and O–H groups in total. The van der Waals surface area contributed by atoms with Crippen molar-refractivity contribution in [1.82, 2.24) is 0 Å². The molecule has 0 saturated carbocycles. The molecule has 0 radical (unpaired) electrons. The van der Waals surface area contributed by atoms with Gasteiger partial charge in [-0.25, -0.2) is 5.14 Å². The van der Waals surface area contributed by atoms with Gasteiger partial charge in [0.2, 0.25) is 0 Å². The Labute approximate surface area is 81.6 Å². The van der Waals surface area contributed by atoms with E-state index >= 15 is 0 Å². The highest BCUT2D eigenvalue weighted by atomic mass is 32.2. The minimum absolute atomic E-state index is 0.0767. The Hall–Kier alpha value is -1.60. The topological polar surface area (TPSA) is 122 Å². The molecule has 0 unspecified atom stereocenters. The molecular formula is C7H10N4O2S. The molecule has 0 fully saturated rings. The number of anilines is 1. The molecule has 0 saturated heterocycles. The lowest BCUT2D eigenvalue weighted by molar-refractivity contribution is 0.603. The third-order valence-electron chi connectivity index (χ3n) is 1.46. The Morgan fingerprint density at radius 2 is 1.79 bits per heavy atom. The number of nitrogens with one attached hydrogen (secondary N) is 2. The molecule has 0 aliphatic carbocycles. The van der Waals surface area contributed by atoms with E-state index in [1.165, 1.54) is 24.3 Å². The molecule has 0 spiro atoms. The van der Waals surface area contributed by atoms with Gasteiger partial charge < -0.3 is 5.73 Å². The molecule has 0 heterocycles. The van der Waals surface area contributed by atoms with Gasteiger partial charge >= 0.3 is 0 Å². The summed E-state index contributed by atoms with van der Waals surface area (Å²) >= 11 is 0. The van der Waals surface area contributed by atoms with Crippen molar-refractivity contribution in [1.29, 1.82) is 5.41 Å². The number of nitrogens with two attached hydrogens (primary N) is 2. The molecule has 76 valence electrons. The van der Waals surface area contributed by atoms with Crippen molar-refractivity contribution >= 4 is 21.7 Å². The highest BCUT2D eigenvalue weighted by Gasteiger charge is 2.02. The minimum atomic E-state index is -3.75. The molecule has 0 aromatic heterocycles. The Balaban J connectivity index is 2.90. The molecule has 1 rings (SSSR count). The summed E-state index contributed by atoms with van der Waals surface area (Å²) in [5.74, 6) is -0.0767. The smallest absolute Gasteiger partial charge is 0.296 e. The van der Waals surface area contributed by atoms with E-state index < -0.39 is 10.2 Å². The second-order valence-electron chi connectivity index (χ2n) is 2.64. The zero-order valence-corrected chi connectivity index (χ0v) is 8.01. The first-order chi connectivity index (χ1) is 6.38. The fraction of sp³-hybridized carbons (Fsp3) is 0. The Bertz CT molecular complexity index is 437. The number of amidine groups is 1. The van der Waals surface area contributed by atoms with E-state index in [9.17, 15) is 8.42 Å². The van der Waals surface area contributed by atoms with Crippen molar-refractivity contribution in [3.8, 4) is 0 Å². The van der Waals surface area contributed by atoms with Crippen molar-refractivity contribution in [2.45, 2.75) is 0 Å². The molecule has 1 aromatic rings. The summed E-state index contributed by atoms with van der Waals surface area (Å²) in [5.41, 5.74) is 6.06. The van der Waals surface area contributed by atoms with E-state index in [-0.39, 0.29) is 5.84 Å². The summed E-state index contributed by atoms with van der Waals surface area (Å²) in [7, 11) is -3.75. The maximum atomic E-state index is 10.6. The standard InChI is InChI=1S/C7H10N4O2S/c8-7(9)5-1-3-6(4-2-5)11-14(10,12)13/h1-4,11H,(H3,8,9)(H2,10,12,13). The lowest BCUT2D eigenvalue weighted by atomic mass is 10.2. The Kier molecular flexibility index (Phi) is 2.73. The number of nitrogen functional groups attached to an aromatic ring is 1. The van der Waals surface area contributed by atoms with Crippen molar-refractivity contribution in [3.05, 3.63) is 29.8 Å². The van der Waals surface area contributed by atoms with Crippen LogP contribution >= 0.6 is 0 Å².